The molecular weight excluding hydrogens is 188 g/mol. The minimum Gasteiger partial charge on any atom is -0.390 e. The summed E-state index contributed by atoms with van der Waals surface area (Å²) in [4.78, 5) is 3.94. The summed E-state index contributed by atoms with van der Waals surface area (Å²) in [6, 6.07) is 3.75. The van der Waals surface area contributed by atoms with Crippen LogP contribution in [0.3, 0.4) is 0 Å². The molecule has 0 aromatic carbocycles. The van der Waals surface area contributed by atoms with Crippen molar-refractivity contribution < 1.29 is 5.11 Å². The topological polar surface area (TPSA) is 59.1 Å². The molecule has 3 heteroatoms. The van der Waals surface area contributed by atoms with Crippen LogP contribution in [0.15, 0.2) is 18.3 Å². The van der Waals surface area contributed by atoms with Gasteiger partial charge in [-0.2, -0.15) is 0 Å². The van der Waals surface area contributed by atoms with E-state index < -0.39 is 5.60 Å². The molecule has 15 heavy (non-hydrogen) atoms. The van der Waals surface area contributed by atoms with Gasteiger partial charge in [0.2, 0.25) is 0 Å². The lowest BCUT2D eigenvalue weighted by Gasteiger charge is -2.23. The third-order valence-electron chi connectivity index (χ3n) is 2.86. The molecule has 1 unspecified atom stereocenters. The van der Waals surface area contributed by atoms with Gasteiger partial charge in [0.15, 0.2) is 0 Å². The molecule has 2 rings (SSSR count). The predicted octanol–water partition coefficient (Wildman–Crippen LogP) is 1.76. The van der Waals surface area contributed by atoms with Gasteiger partial charge in [0.25, 0.3) is 0 Å². The Morgan fingerprint density at radius 2 is 2.33 bits per heavy atom. The van der Waals surface area contributed by atoms with E-state index in [0.717, 1.165) is 17.9 Å². The lowest BCUT2D eigenvalue weighted by molar-refractivity contribution is 0.0455. The Morgan fingerprint density at radius 3 is 2.93 bits per heavy atom. The molecule has 1 aliphatic rings. The summed E-state index contributed by atoms with van der Waals surface area (Å²) in [5.74, 6) is 1.26. The number of hydrogen-bond acceptors (Lipinski definition) is 3. The Labute approximate surface area is 90.3 Å². The Bertz CT molecular complexity index is 345. The summed E-state index contributed by atoms with van der Waals surface area (Å²) in [7, 11) is 0. The van der Waals surface area contributed by atoms with E-state index in [1.165, 1.54) is 12.8 Å². The Balaban J connectivity index is 1.99. The molecule has 1 saturated carbocycles. The van der Waals surface area contributed by atoms with Crippen molar-refractivity contribution in [2.24, 2.45) is 5.92 Å². The highest BCUT2D eigenvalue weighted by atomic mass is 16.3. The van der Waals surface area contributed by atoms with Crippen LogP contribution in [0.5, 0.6) is 0 Å². The second kappa shape index (κ2) is 3.81. The number of pyridine rings is 1. The zero-order valence-electron chi connectivity index (χ0n) is 9.11. The van der Waals surface area contributed by atoms with Crippen LogP contribution >= 0.6 is 0 Å². The standard InChI is InChI=1S/C12H18N2O/c1-12(15,7-9-2-3-9)8-10-4-5-14-11(13)6-10/h4-6,9,15H,2-3,7-8H2,1H3,(H2,13,14). The minimum absolute atomic E-state index is 0.523. The molecule has 0 aliphatic heterocycles. The maximum atomic E-state index is 10.2. The van der Waals surface area contributed by atoms with Gasteiger partial charge in [0, 0.05) is 12.6 Å². The monoisotopic (exact) mass is 206 g/mol. The first-order valence-corrected chi connectivity index (χ1v) is 5.48. The van der Waals surface area contributed by atoms with Gasteiger partial charge in [-0.05, 0) is 37.0 Å². The Hall–Kier alpha value is -1.09. The predicted molar refractivity (Wildman–Crippen MR) is 60.3 cm³/mol. The molecule has 0 spiro atoms. The van der Waals surface area contributed by atoms with Crippen molar-refractivity contribution in [3.8, 4) is 0 Å². The zero-order valence-corrected chi connectivity index (χ0v) is 9.11. The van der Waals surface area contributed by atoms with Crippen molar-refractivity contribution in [1.82, 2.24) is 4.98 Å². The van der Waals surface area contributed by atoms with E-state index in [1.54, 1.807) is 6.20 Å². The van der Waals surface area contributed by atoms with E-state index in [4.69, 9.17) is 5.73 Å². The van der Waals surface area contributed by atoms with Gasteiger partial charge in [-0.15, -0.1) is 0 Å². The molecule has 0 bridgehead atoms. The molecule has 1 fully saturated rings. The summed E-state index contributed by atoms with van der Waals surface area (Å²) in [5, 5.41) is 10.2. The Kier molecular flexibility index (Phi) is 2.65. The van der Waals surface area contributed by atoms with Gasteiger partial charge in [-0.1, -0.05) is 12.8 Å². The molecule has 0 amide bonds. The first-order valence-electron chi connectivity index (χ1n) is 5.48. The van der Waals surface area contributed by atoms with Gasteiger partial charge >= 0.3 is 0 Å². The summed E-state index contributed by atoms with van der Waals surface area (Å²) < 4.78 is 0. The van der Waals surface area contributed by atoms with E-state index >= 15 is 0 Å². The zero-order chi connectivity index (χ0) is 10.9. The number of nitrogen functional groups attached to an aromatic ring is 1. The highest BCUT2D eigenvalue weighted by Gasteiger charge is 2.31. The lowest BCUT2D eigenvalue weighted by atomic mass is 9.91. The second-order valence-electron chi connectivity index (χ2n) is 4.91. The first-order chi connectivity index (χ1) is 7.05. The molecule has 1 aliphatic carbocycles. The van der Waals surface area contributed by atoms with Crippen LogP contribution in [0.4, 0.5) is 5.82 Å². The molecular formula is C12H18N2O. The fourth-order valence-electron chi connectivity index (χ4n) is 2.06. The summed E-state index contributed by atoms with van der Waals surface area (Å²) in [6.07, 6.45) is 5.80. The molecule has 1 heterocycles. The molecule has 1 aromatic heterocycles. The number of aromatic nitrogens is 1. The number of nitrogens with two attached hydrogens (primary N) is 1. The van der Waals surface area contributed by atoms with Crippen molar-refractivity contribution in [2.75, 3.05) is 5.73 Å². The number of nitrogens with zero attached hydrogens (tertiary/aromatic N) is 1. The maximum Gasteiger partial charge on any atom is 0.123 e. The van der Waals surface area contributed by atoms with E-state index in [2.05, 4.69) is 4.98 Å². The van der Waals surface area contributed by atoms with Crippen LogP contribution in [-0.4, -0.2) is 15.7 Å². The van der Waals surface area contributed by atoms with Crippen LogP contribution in [0.1, 0.15) is 31.7 Å². The van der Waals surface area contributed by atoms with Crippen LogP contribution < -0.4 is 5.73 Å². The fourth-order valence-corrected chi connectivity index (χ4v) is 2.06. The molecule has 1 aromatic rings. The minimum atomic E-state index is -0.602. The van der Waals surface area contributed by atoms with Crippen molar-refractivity contribution >= 4 is 5.82 Å². The van der Waals surface area contributed by atoms with Gasteiger partial charge in [-0.3, -0.25) is 0 Å². The van der Waals surface area contributed by atoms with E-state index in [-0.39, 0.29) is 0 Å². The highest BCUT2D eigenvalue weighted by molar-refractivity contribution is 5.32. The van der Waals surface area contributed by atoms with Gasteiger partial charge < -0.3 is 10.8 Å². The number of aliphatic hydroxyl groups is 1. The highest BCUT2D eigenvalue weighted by Crippen LogP contribution is 2.37. The van der Waals surface area contributed by atoms with Crippen molar-refractivity contribution in [3.05, 3.63) is 23.9 Å². The normalized spacial score (nSPS) is 19.9. The van der Waals surface area contributed by atoms with Crippen LogP contribution in [-0.2, 0) is 6.42 Å². The van der Waals surface area contributed by atoms with Crippen molar-refractivity contribution in [1.29, 1.82) is 0 Å². The largest absolute Gasteiger partial charge is 0.390 e. The van der Waals surface area contributed by atoms with Crippen molar-refractivity contribution in [3.63, 3.8) is 0 Å². The summed E-state index contributed by atoms with van der Waals surface area (Å²) >= 11 is 0. The third kappa shape index (κ3) is 3.20. The summed E-state index contributed by atoms with van der Waals surface area (Å²) in [5.41, 5.74) is 6.06. The van der Waals surface area contributed by atoms with E-state index in [0.29, 0.717) is 12.2 Å². The number of anilines is 1. The average Bonchev–Trinajstić information content (AvgIpc) is 2.86. The van der Waals surface area contributed by atoms with Gasteiger partial charge in [0.1, 0.15) is 5.82 Å². The van der Waals surface area contributed by atoms with Crippen LogP contribution in [0.2, 0.25) is 0 Å². The number of hydrogen-bond donors (Lipinski definition) is 2. The fraction of sp³-hybridized carbons (Fsp3) is 0.583. The SMILES string of the molecule is CC(O)(Cc1ccnc(N)c1)CC1CC1. The molecule has 0 radical (unpaired) electrons. The molecule has 3 nitrogen and oxygen atoms in total. The van der Waals surface area contributed by atoms with Crippen LogP contribution in [0, 0.1) is 5.92 Å². The van der Waals surface area contributed by atoms with E-state index in [9.17, 15) is 5.11 Å². The van der Waals surface area contributed by atoms with Gasteiger partial charge in [-0.25, -0.2) is 4.98 Å². The first kappa shape index (κ1) is 10.4. The van der Waals surface area contributed by atoms with E-state index in [1.807, 2.05) is 19.1 Å². The molecule has 0 saturated heterocycles. The maximum absolute atomic E-state index is 10.2. The molecule has 1 atom stereocenters. The van der Waals surface area contributed by atoms with Crippen molar-refractivity contribution in [2.45, 2.75) is 38.2 Å². The molecule has 3 N–H and O–H groups in total. The van der Waals surface area contributed by atoms with Crippen LogP contribution in [0.25, 0.3) is 0 Å². The third-order valence-corrected chi connectivity index (χ3v) is 2.86. The van der Waals surface area contributed by atoms with Gasteiger partial charge in [0.05, 0.1) is 5.60 Å². The average molecular weight is 206 g/mol. The quantitative estimate of drug-likeness (QED) is 0.789. The number of rotatable bonds is 4. The summed E-state index contributed by atoms with van der Waals surface area (Å²) in [6.45, 7) is 1.90. The smallest absolute Gasteiger partial charge is 0.123 e. The molecule has 82 valence electrons. The second-order valence-corrected chi connectivity index (χ2v) is 4.91. The lowest BCUT2D eigenvalue weighted by Crippen LogP contribution is -2.27. The Morgan fingerprint density at radius 1 is 1.60 bits per heavy atom.